The summed E-state index contributed by atoms with van der Waals surface area (Å²) in [5, 5.41) is 15.9. The van der Waals surface area contributed by atoms with Crippen molar-refractivity contribution in [1.29, 1.82) is 5.26 Å². The fourth-order valence-corrected chi connectivity index (χ4v) is 7.35. The number of carbonyl (C=O) groups excluding carboxylic acids is 2. The number of nitrogens with zero attached hydrogens (tertiary/aromatic N) is 4. The predicted octanol–water partition coefficient (Wildman–Crippen LogP) is 5.08. The second-order valence-electron chi connectivity index (χ2n) is 13.2. The Morgan fingerprint density at radius 1 is 0.952 bits per heavy atom. The molecule has 1 unspecified atom stereocenters. The third-order valence-corrected chi connectivity index (χ3v) is 9.54. The van der Waals surface area contributed by atoms with Gasteiger partial charge >= 0.3 is 0 Å². The molecule has 0 bridgehead atoms. The van der Waals surface area contributed by atoms with Crippen LogP contribution in [-0.2, 0) is 15.0 Å². The van der Waals surface area contributed by atoms with Gasteiger partial charge in [0, 0.05) is 61.3 Å². The minimum atomic E-state index is -1.03. The summed E-state index contributed by atoms with van der Waals surface area (Å²) in [6.07, 6.45) is 2.84. The van der Waals surface area contributed by atoms with Crippen molar-refractivity contribution in [2.75, 3.05) is 45.8 Å². The molecular formula is C33H41Cl2N5O2. The van der Waals surface area contributed by atoms with E-state index >= 15 is 0 Å². The highest BCUT2D eigenvalue weighted by Gasteiger charge is 2.60. The number of rotatable bonds is 6. The number of benzene rings is 2. The normalized spacial score (nSPS) is 26.8. The van der Waals surface area contributed by atoms with Gasteiger partial charge in [0.2, 0.25) is 11.8 Å². The monoisotopic (exact) mass is 609 g/mol. The van der Waals surface area contributed by atoms with Crippen LogP contribution in [0.4, 0.5) is 0 Å². The van der Waals surface area contributed by atoms with Crippen LogP contribution in [0.3, 0.4) is 0 Å². The first-order chi connectivity index (χ1) is 20.0. The lowest BCUT2D eigenvalue weighted by molar-refractivity contribution is -0.136. The number of amides is 2. The van der Waals surface area contributed by atoms with Crippen LogP contribution in [-0.4, -0.2) is 84.4 Å². The maximum atomic E-state index is 14.4. The molecule has 3 aliphatic heterocycles. The number of piperazine rings is 1. The molecule has 2 aromatic rings. The van der Waals surface area contributed by atoms with Crippen molar-refractivity contribution in [3.8, 4) is 6.07 Å². The van der Waals surface area contributed by atoms with E-state index in [1.54, 1.807) is 0 Å². The highest BCUT2D eigenvalue weighted by atomic mass is 35.5. The van der Waals surface area contributed by atoms with Gasteiger partial charge in [-0.15, -0.1) is 0 Å². The molecular weight excluding hydrogens is 569 g/mol. The average Bonchev–Trinajstić information content (AvgIpc) is 3.60. The van der Waals surface area contributed by atoms with E-state index in [1.165, 1.54) is 0 Å². The summed E-state index contributed by atoms with van der Waals surface area (Å²) in [7, 11) is 0. The van der Waals surface area contributed by atoms with Crippen LogP contribution in [0, 0.1) is 16.7 Å². The Morgan fingerprint density at radius 2 is 1.62 bits per heavy atom. The molecule has 2 amide bonds. The second-order valence-corrected chi connectivity index (χ2v) is 14.0. The van der Waals surface area contributed by atoms with Gasteiger partial charge in [0.1, 0.15) is 5.41 Å². The van der Waals surface area contributed by atoms with Crippen molar-refractivity contribution < 1.29 is 9.59 Å². The average molecular weight is 611 g/mol. The van der Waals surface area contributed by atoms with Gasteiger partial charge in [-0.2, -0.15) is 5.26 Å². The van der Waals surface area contributed by atoms with Crippen molar-refractivity contribution in [2.24, 2.45) is 5.41 Å². The van der Waals surface area contributed by atoms with Crippen LogP contribution in [0.2, 0.25) is 10.0 Å². The van der Waals surface area contributed by atoms with Crippen LogP contribution < -0.4 is 5.32 Å². The van der Waals surface area contributed by atoms with Crippen LogP contribution in [0.15, 0.2) is 48.5 Å². The number of hydrogen-bond acceptors (Lipinski definition) is 5. The third kappa shape index (κ3) is 6.33. The first kappa shape index (κ1) is 30.8. The number of nitrogens with one attached hydrogen (secondary N) is 1. The molecule has 0 aromatic heterocycles. The Labute approximate surface area is 259 Å². The quantitative estimate of drug-likeness (QED) is 0.494. The first-order valence-electron chi connectivity index (χ1n) is 15.0. The number of likely N-dealkylation sites (tertiary alicyclic amines) is 1. The van der Waals surface area contributed by atoms with Crippen molar-refractivity contribution in [3.05, 3.63) is 69.7 Å². The Morgan fingerprint density at radius 3 is 2.21 bits per heavy atom. The molecule has 1 N–H and O–H groups in total. The van der Waals surface area contributed by atoms with E-state index in [0.717, 1.165) is 37.1 Å². The molecule has 0 radical (unpaired) electrons. The molecule has 224 valence electrons. The molecule has 5 rings (SSSR count). The molecule has 0 saturated carbocycles. The van der Waals surface area contributed by atoms with Gasteiger partial charge < -0.3 is 15.1 Å². The van der Waals surface area contributed by atoms with Crippen LogP contribution in [0.1, 0.15) is 57.1 Å². The topological polar surface area (TPSA) is 79.7 Å². The maximum Gasteiger partial charge on any atom is 0.240 e. The molecule has 3 heterocycles. The fraction of sp³-hybridized carbons (Fsp3) is 0.545. The zero-order valence-corrected chi connectivity index (χ0v) is 26.3. The van der Waals surface area contributed by atoms with Crippen molar-refractivity contribution in [3.63, 3.8) is 0 Å². The summed E-state index contributed by atoms with van der Waals surface area (Å²) in [5.74, 6) is -0.315. The smallest absolute Gasteiger partial charge is 0.240 e. The van der Waals surface area contributed by atoms with E-state index in [-0.39, 0.29) is 23.3 Å². The minimum Gasteiger partial charge on any atom is -0.342 e. The van der Waals surface area contributed by atoms with Gasteiger partial charge in [0.05, 0.1) is 18.7 Å². The Balaban J connectivity index is 1.46. The highest BCUT2D eigenvalue weighted by molar-refractivity contribution is 6.30. The van der Waals surface area contributed by atoms with E-state index in [1.807, 2.05) is 58.3 Å². The summed E-state index contributed by atoms with van der Waals surface area (Å²) in [6.45, 7) is 10.9. The molecule has 3 fully saturated rings. The minimum absolute atomic E-state index is 0.0181. The Hall–Kier alpha value is -2.63. The standard InChI is InChI=1S/C33H41Cl2N5O2/c1-32(2,3)20-27-33(22-36,24-9-11-25(34)12-10-24)29(23-7-6-8-26(35)19-23)30(37-27)31(42)40-17-15-38(16-18-40)21-28(41)39-13-4-5-14-39/h6-12,19,27,29-30,37H,4-5,13-18,20-21H2,1-3H3/t27?,29-,30+,33-/m0/s1. The second kappa shape index (κ2) is 12.5. The Bertz CT molecular complexity index is 1320. The van der Waals surface area contributed by atoms with E-state index in [2.05, 4.69) is 37.1 Å². The Kier molecular flexibility index (Phi) is 9.20. The van der Waals surface area contributed by atoms with Gasteiger partial charge in [0.25, 0.3) is 0 Å². The molecule has 4 atom stereocenters. The van der Waals surface area contributed by atoms with E-state index in [4.69, 9.17) is 23.2 Å². The lowest BCUT2D eigenvalue weighted by atomic mass is 9.63. The van der Waals surface area contributed by atoms with E-state index in [0.29, 0.717) is 49.2 Å². The first-order valence-corrected chi connectivity index (χ1v) is 15.8. The van der Waals surface area contributed by atoms with Crippen LogP contribution in [0.25, 0.3) is 0 Å². The number of nitriles is 1. The molecule has 0 aliphatic carbocycles. The molecule has 42 heavy (non-hydrogen) atoms. The zero-order chi connectivity index (χ0) is 30.1. The lowest BCUT2D eigenvalue weighted by Crippen LogP contribution is -2.55. The molecule has 3 saturated heterocycles. The van der Waals surface area contributed by atoms with Crippen LogP contribution >= 0.6 is 23.2 Å². The van der Waals surface area contributed by atoms with Gasteiger partial charge in [-0.1, -0.05) is 68.2 Å². The number of hydrogen-bond donors (Lipinski definition) is 1. The SMILES string of the molecule is CC(C)(C)CC1N[C@@H](C(=O)N2CCN(CC(=O)N3CCCC3)CC2)[C@H](c2cccc(Cl)c2)[C@@]1(C#N)c1ccc(Cl)cc1. The van der Waals surface area contributed by atoms with Gasteiger partial charge in [0.15, 0.2) is 0 Å². The molecule has 7 nitrogen and oxygen atoms in total. The number of carbonyl (C=O) groups is 2. The van der Waals surface area contributed by atoms with E-state index in [9.17, 15) is 14.9 Å². The largest absolute Gasteiger partial charge is 0.342 e. The summed E-state index contributed by atoms with van der Waals surface area (Å²) >= 11 is 12.8. The van der Waals surface area contributed by atoms with Gasteiger partial charge in [-0.3, -0.25) is 14.5 Å². The highest BCUT2D eigenvalue weighted by Crippen LogP contribution is 2.51. The van der Waals surface area contributed by atoms with Gasteiger partial charge in [-0.05, 0) is 60.1 Å². The lowest BCUT2D eigenvalue weighted by Gasteiger charge is -2.38. The molecule has 0 spiro atoms. The van der Waals surface area contributed by atoms with Crippen LogP contribution in [0.5, 0.6) is 0 Å². The number of halogens is 2. The maximum absolute atomic E-state index is 14.4. The molecule has 9 heteroatoms. The molecule has 2 aromatic carbocycles. The van der Waals surface area contributed by atoms with Crippen molar-refractivity contribution in [2.45, 2.75) is 63.5 Å². The van der Waals surface area contributed by atoms with Crippen molar-refractivity contribution >= 4 is 35.0 Å². The summed E-state index contributed by atoms with van der Waals surface area (Å²) in [6, 6.07) is 16.8. The van der Waals surface area contributed by atoms with Crippen molar-refractivity contribution in [1.82, 2.24) is 20.0 Å². The fourth-order valence-electron chi connectivity index (χ4n) is 7.02. The third-order valence-electron chi connectivity index (χ3n) is 9.05. The zero-order valence-electron chi connectivity index (χ0n) is 24.8. The summed E-state index contributed by atoms with van der Waals surface area (Å²) in [5.41, 5.74) is 0.557. The molecule has 3 aliphatic rings. The van der Waals surface area contributed by atoms with E-state index < -0.39 is 17.4 Å². The van der Waals surface area contributed by atoms with Gasteiger partial charge in [-0.25, -0.2) is 0 Å². The predicted molar refractivity (Wildman–Crippen MR) is 167 cm³/mol. The summed E-state index contributed by atoms with van der Waals surface area (Å²) < 4.78 is 0. The summed E-state index contributed by atoms with van der Waals surface area (Å²) in [4.78, 5) is 33.1.